The highest BCUT2D eigenvalue weighted by Gasteiger charge is 2.31. The molecule has 4 heteroatoms. The van der Waals surface area contributed by atoms with Gasteiger partial charge in [0, 0.05) is 18.3 Å². The van der Waals surface area contributed by atoms with E-state index in [1.165, 1.54) is 17.4 Å². The van der Waals surface area contributed by atoms with E-state index >= 15 is 0 Å². The first-order valence-electron chi connectivity index (χ1n) is 7.34. The van der Waals surface area contributed by atoms with E-state index in [4.69, 9.17) is 0 Å². The number of benzene rings is 1. The molecular formula is C16H25NO2S. The van der Waals surface area contributed by atoms with Gasteiger partial charge in [-0.05, 0) is 50.2 Å². The highest BCUT2D eigenvalue weighted by Crippen LogP contribution is 2.38. The van der Waals surface area contributed by atoms with Crippen LogP contribution >= 0.6 is 0 Å². The molecule has 1 atom stereocenters. The van der Waals surface area contributed by atoms with E-state index < -0.39 is 9.84 Å². The average molecular weight is 295 g/mol. The van der Waals surface area contributed by atoms with Gasteiger partial charge in [-0.3, -0.25) is 0 Å². The minimum Gasteiger partial charge on any atom is -0.311 e. The molecule has 1 aromatic carbocycles. The van der Waals surface area contributed by atoms with Crippen LogP contribution in [0.5, 0.6) is 0 Å². The summed E-state index contributed by atoms with van der Waals surface area (Å²) in [6.07, 6.45) is 4.32. The molecule has 2 rings (SSSR count). The SMILES string of the molecule is Cc1ccccc1C1CC(N[C@@H](C)CCS(C)(=O)=O)C1. The van der Waals surface area contributed by atoms with Crippen LogP contribution in [-0.4, -0.2) is 32.5 Å². The Morgan fingerprint density at radius 1 is 1.30 bits per heavy atom. The molecular weight excluding hydrogens is 270 g/mol. The molecule has 0 aliphatic heterocycles. The summed E-state index contributed by atoms with van der Waals surface area (Å²) < 4.78 is 22.3. The van der Waals surface area contributed by atoms with E-state index in [0.29, 0.717) is 18.4 Å². The molecule has 0 bridgehead atoms. The zero-order chi connectivity index (χ0) is 14.8. The van der Waals surface area contributed by atoms with E-state index in [0.717, 1.165) is 12.8 Å². The standard InChI is InChI=1S/C16H25NO2S/c1-12-6-4-5-7-16(12)14-10-15(11-14)17-13(2)8-9-20(3,18)19/h4-7,13-15,17H,8-11H2,1-3H3/t13-,14?,15?/m0/s1. The summed E-state index contributed by atoms with van der Waals surface area (Å²) in [6.45, 7) is 4.25. The van der Waals surface area contributed by atoms with Crippen molar-refractivity contribution >= 4 is 9.84 Å². The molecule has 1 fully saturated rings. The quantitative estimate of drug-likeness (QED) is 0.877. The molecule has 1 aliphatic carbocycles. The highest BCUT2D eigenvalue weighted by molar-refractivity contribution is 7.90. The van der Waals surface area contributed by atoms with Crippen LogP contribution < -0.4 is 5.32 Å². The average Bonchev–Trinajstić information content (AvgIpc) is 2.31. The molecule has 112 valence electrons. The molecule has 0 spiro atoms. The van der Waals surface area contributed by atoms with Crippen LogP contribution in [0.15, 0.2) is 24.3 Å². The number of aryl methyl sites for hydroxylation is 1. The fourth-order valence-electron chi connectivity index (χ4n) is 2.93. The van der Waals surface area contributed by atoms with Crippen molar-refractivity contribution in [3.05, 3.63) is 35.4 Å². The van der Waals surface area contributed by atoms with Crippen molar-refractivity contribution in [1.29, 1.82) is 0 Å². The summed E-state index contributed by atoms with van der Waals surface area (Å²) in [5.41, 5.74) is 2.84. The fraction of sp³-hybridized carbons (Fsp3) is 0.625. The smallest absolute Gasteiger partial charge is 0.147 e. The largest absolute Gasteiger partial charge is 0.311 e. The summed E-state index contributed by atoms with van der Waals surface area (Å²) in [5, 5.41) is 3.54. The molecule has 1 saturated carbocycles. The molecule has 1 aliphatic rings. The molecule has 0 amide bonds. The maximum atomic E-state index is 11.2. The first-order valence-corrected chi connectivity index (χ1v) is 9.40. The maximum Gasteiger partial charge on any atom is 0.147 e. The lowest BCUT2D eigenvalue weighted by atomic mass is 9.74. The normalized spacial score (nSPS) is 24.1. The summed E-state index contributed by atoms with van der Waals surface area (Å²) in [5.74, 6) is 0.936. The predicted octanol–water partition coefficient (Wildman–Crippen LogP) is 2.65. The molecule has 0 aromatic heterocycles. The number of nitrogens with one attached hydrogen (secondary N) is 1. The minimum atomic E-state index is -2.84. The van der Waals surface area contributed by atoms with E-state index in [9.17, 15) is 8.42 Å². The van der Waals surface area contributed by atoms with Crippen molar-refractivity contribution in [3.8, 4) is 0 Å². The van der Waals surface area contributed by atoms with E-state index in [2.05, 4.69) is 43.4 Å². The van der Waals surface area contributed by atoms with Crippen LogP contribution in [0.2, 0.25) is 0 Å². The van der Waals surface area contributed by atoms with Crippen molar-refractivity contribution in [2.45, 2.75) is 51.1 Å². The van der Waals surface area contributed by atoms with Crippen molar-refractivity contribution in [2.24, 2.45) is 0 Å². The van der Waals surface area contributed by atoms with Crippen molar-refractivity contribution in [2.75, 3.05) is 12.0 Å². The van der Waals surface area contributed by atoms with Gasteiger partial charge in [0.25, 0.3) is 0 Å². The number of rotatable bonds is 6. The molecule has 1 N–H and O–H groups in total. The van der Waals surface area contributed by atoms with E-state index in [1.807, 2.05) is 0 Å². The Bertz CT molecular complexity index is 547. The van der Waals surface area contributed by atoms with Crippen LogP contribution in [-0.2, 0) is 9.84 Å². The zero-order valence-corrected chi connectivity index (χ0v) is 13.4. The molecule has 0 unspecified atom stereocenters. The van der Waals surface area contributed by atoms with Crippen LogP contribution in [0.4, 0.5) is 0 Å². The lowest BCUT2D eigenvalue weighted by molar-refractivity contribution is 0.267. The van der Waals surface area contributed by atoms with Crippen molar-refractivity contribution in [1.82, 2.24) is 5.32 Å². The monoisotopic (exact) mass is 295 g/mol. The van der Waals surface area contributed by atoms with E-state index in [1.54, 1.807) is 0 Å². The second-order valence-electron chi connectivity index (χ2n) is 6.21. The molecule has 1 aromatic rings. The van der Waals surface area contributed by atoms with Gasteiger partial charge in [-0.1, -0.05) is 24.3 Å². The van der Waals surface area contributed by atoms with Gasteiger partial charge in [-0.25, -0.2) is 8.42 Å². The Morgan fingerprint density at radius 2 is 1.95 bits per heavy atom. The third-order valence-electron chi connectivity index (χ3n) is 4.21. The molecule has 20 heavy (non-hydrogen) atoms. The molecule has 0 heterocycles. The van der Waals surface area contributed by atoms with Gasteiger partial charge >= 0.3 is 0 Å². The van der Waals surface area contributed by atoms with Crippen LogP contribution in [0.3, 0.4) is 0 Å². The zero-order valence-electron chi connectivity index (χ0n) is 12.6. The second-order valence-corrected chi connectivity index (χ2v) is 8.47. The van der Waals surface area contributed by atoms with Gasteiger partial charge in [0.05, 0.1) is 5.75 Å². The van der Waals surface area contributed by atoms with Gasteiger partial charge < -0.3 is 5.32 Å². The van der Waals surface area contributed by atoms with Gasteiger partial charge in [-0.2, -0.15) is 0 Å². The first kappa shape index (κ1) is 15.5. The van der Waals surface area contributed by atoms with Gasteiger partial charge in [0.15, 0.2) is 0 Å². The Hall–Kier alpha value is -0.870. The minimum absolute atomic E-state index is 0.271. The highest BCUT2D eigenvalue weighted by atomic mass is 32.2. The Labute approximate surface area is 122 Å². The third-order valence-corrected chi connectivity index (χ3v) is 5.19. The summed E-state index contributed by atoms with van der Waals surface area (Å²) in [6, 6.07) is 9.40. The fourth-order valence-corrected chi connectivity index (χ4v) is 3.71. The van der Waals surface area contributed by atoms with E-state index in [-0.39, 0.29) is 11.8 Å². The van der Waals surface area contributed by atoms with Crippen LogP contribution in [0.25, 0.3) is 0 Å². The Kier molecular flexibility index (Phi) is 4.86. The maximum absolute atomic E-state index is 11.2. The number of sulfone groups is 1. The van der Waals surface area contributed by atoms with Gasteiger partial charge in [0.1, 0.15) is 9.84 Å². The number of hydrogen-bond acceptors (Lipinski definition) is 3. The summed E-state index contributed by atoms with van der Waals surface area (Å²) in [7, 11) is -2.84. The molecule has 0 radical (unpaired) electrons. The second kappa shape index (κ2) is 6.27. The lowest BCUT2D eigenvalue weighted by Gasteiger charge is -2.38. The topological polar surface area (TPSA) is 46.2 Å². The van der Waals surface area contributed by atoms with Crippen molar-refractivity contribution in [3.63, 3.8) is 0 Å². The van der Waals surface area contributed by atoms with Gasteiger partial charge in [-0.15, -0.1) is 0 Å². The molecule has 0 saturated heterocycles. The summed E-state index contributed by atoms with van der Waals surface area (Å²) >= 11 is 0. The summed E-state index contributed by atoms with van der Waals surface area (Å²) in [4.78, 5) is 0. The third kappa shape index (κ3) is 4.32. The van der Waals surface area contributed by atoms with Crippen molar-refractivity contribution < 1.29 is 8.42 Å². The number of hydrogen-bond donors (Lipinski definition) is 1. The first-order chi connectivity index (χ1) is 9.35. The van der Waals surface area contributed by atoms with Crippen LogP contribution in [0.1, 0.15) is 43.2 Å². The lowest BCUT2D eigenvalue weighted by Crippen LogP contribution is -2.45. The Balaban J connectivity index is 1.75. The predicted molar refractivity (Wildman–Crippen MR) is 83.9 cm³/mol. The Morgan fingerprint density at radius 3 is 2.55 bits per heavy atom. The molecule has 3 nitrogen and oxygen atoms in total. The van der Waals surface area contributed by atoms with Gasteiger partial charge in [0.2, 0.25) is 0 Å². The van der Waals surface area contributed by atoms with Crippen LogP contribution in [0, 0.1) is 6.92 Å².